The highest BCUT2D eigenvalue weighted by Crippen LogP contribution is 2.15. The van der Waals surface area contributed by atoms with Crippen molar-refractivity contribution in [1.29, 1.82) is 0 Å². The molecule has 0 saturated heterocycles. The van der Waals surface area contributed by atoms with Gasteiger partial charge in [-0.2, -0.15) is 0 Å². The highest BCUT2D eigenvalue weighted by Gasteiger charge is 2.18. The lowest BCUT2D eigenvalue weighted by molar-refractivity contribution is 0.0739. The van der Waals surface area contributed by atoms with Crippen LogP contribution in [0.4, 0.5) is 10.2 Å². The van der Waals surface area contributed by atoms with Gasteiger partial charge in [0.1, 0.15) is 0 Å². The highest BCUT2D eigenvalue weighted by atomic mass is 19.1. The van der Waals surface area contributed by atoms with Gasteiger partial charge in [0.15, 0.2) is 11.6 Å². The summed E-state index contributed by atoms with van der Waals surface area (Å²) in [4.78, 5) is 16.9. The Hall–Kier alpha value is -1.73. The second-order valence-corrected chi connectivity index (χ2v) is 3.38. The van der Waals surface area contributed by atoms with E-state index in [1.807, 2.05) is 0 Å². The van der Waals surface area contributed by atoms with Crippen molar-refractivity contribution in [1.82, 2.24) is 9.88 Å². The Kier molecular flexibility index (Phi) is 4.80. The SMILES string of the molecule is COCCN(C)C(=O)c1ccnc(NN)c1F. The van der Waals surface area contributed by atoms with Crippen LogP contribution in [0.3, 0.4) is 0 Å². The third-order valence-corrected chi connectivity index (χ3v) is 2.23. The number of amides is 1. The normalized spacial score (nSPS) is 10.1. The lowest BCUT2D eigenvalue weighted by Gasteiger charge is -2.17. The van der Waals surface area contributed by atoms with Crippen molar-refractivity contribution in [3.05, 3.63) is 23.6 Å². The minimum Gasteiger partial charge on any atom is -0.383 e. The minimum absolute atomic E-state index is 0.0773. The number of halogens is 1. The summed E-state index contributed by atoms with van der Waals surface area (Å²) in [6.45, 7) is 0.763. The number of pyridine rings is 1. The maximum atomic E-state index is 13.7. The van der Waals surface area contributed by atoms with Crippen molar-refractivity contribution in [2.75, 3.05) is 32.7 Å². The second kappa shape index (κ2) is 6.12. The molecule has 1 aromatic heterocycles. The summed E-state index contributed by atoms with van der Waals surface area (Å²) < 4.78 is 18.6. The zero-order chi connectivity index (χ0) is 12.8. The molecule has 94 valence electrons. The number of nitrogens with one attached hydrogen (secondary N) is 1. The monoisotopic (exact) mass is 242 g/mol. The molecule has 0 atom stereocenters. The summed E-state index contributed by atoms with van der Waals surface area (Å²) in [5, 5.41) is 0. The van der Waals surface area contributed by atoms with Gasteiger partial charge in [0.25, 0.3) is 5.91 Å². The number of anilines is 1. The number of carbonyl (C=O) groups is 1. The molecule has 0 aliphatic heterocycles. The van der Waals surface area contributed by atoms with Crippen molar-refractivity contribution in [2.45, 2.75) is 0 Å². The summed E-state index contributed by atoms with van der Waals surface area (Å²) in [6, 6.07) is 1.31. The molecular weight excluding hydrogens is 227 g/mol. The first-order chi connectivity index (χ1) is 8.11. The molecule has 0 aliphatic carbocycles. The quantitative estimate of drug-likeness (QED) is 0.570. The topological polar surface area (TPSA) is 80.5 Å². The molecule has 1 amide bonds. The smallest absolute Gasteiger partial charge is 0.256 e. The number of likely N-dealkylation sites (N-methyl/N-ethyl adjacent to an activating group) is 1. The van der Waals surface area contributed by atoms with Gasteiger partial charge in [-0.25, -0.2) is 15.2 Å². The van der Waals surface area contributed by atoms with Gasteiger partial charge in [-0.3, -0.25) is 4.79 Å². The fraction of sp³-hybridized carbons (Fsp3) is 0.400. The largest absolute Gasteiger partial charge is 0.383 e. The van der Waals surface area contributed by atoms with E-state index in [9.17, 15) is 9.18 Å². The first-order valence-electron chi connectivity index (χ1n) is 4.97. The fourth-order valence-electron chi connectivity index (χ4n) is 1.24. The number of rotatable bonds is 5. The molecule has 0 radical (unpaired) electrons. The van der Waals surface area contributed by atoms with Crippen molar-refractivity contribution < 1.29 is 13.9 Å². The van der Waals surface area contributed by atoms with Crippen LogP contribution in [0.1, 0.15) is 10.4 Å². The number of hydrazine groups is 1. The molecule has 0 bridgehead atoms. The number of hydrogen-bond donors (Lipinski definition) is 2. The average molecular weight is 242 g/mol. The van der Waals surface area contributed by atoms with E-state index in [-0.39, 0.29) is 11.4 Å². The van der Waals surface area contributed by atoms with Crippen LogP contribution in [0.2, 0.25) is 0 Å². The first kappa shape index (κ1) is 13.3. The fourth-order valence-corrected chi connectivity index (χ4v) is 1.24. The van der Waals surface area contributed by atoms with Crippen LogP contribution in [0.5, 0.6) is 0 Å². The zero-order valence-corrected chi connectivity index (χ0v) is 9.74. The molecule has 3 N–H and O–H groups in total. The van der Waals surface area contributed by atoms with Crippen LogP contribution in [0.15, 0.2) is 12.3 Å². The van der Waals surface area contributed by atoms with Crippen molar-refractivity contribution >= 4 is 11.7 Å². The molecule has 0 aliphatic rings. The summed E-state index contributed by atoms with van der Waals surface area (Å²) >= 11 is 0. The molecule has 17 heavy (non-hydrogen) atoms. The Morgan fingerprint density at radius 3 is 3.00 bits per heavy atom. The molecule has 1 aromatic rings. The predicted octanol–water partition coefficient (Wildman–Crippen LogP) is 0.225. The van der Waals surface area contributed by atoms with E-state index < -0.39 is 11.7 Å². The third-order valence-electron chi connectivity index (χ3n) is 2.23. The third kappa shape index (κ3) is 3.11. The number of nitrogen functional groups attached to an aromatic ring is 1. The van der Waals surface area contributed by atoms with Gasteiger partial charge in [-0.05, 0) is 6.07 Å². The molecule has 7 heteroatoms. The lowest BCUT2D eigenvalue weighted by Crippen LogP contribution is -2.31. The molecule has 1 heterocycles. The Morgan fingerprint density at radius 1 is 1.71 bits per heavy atom. The summed E-state index contributed by atoms with van der Waals surface area (Å²) in [7, 11) is 3.10. The molecular formula is C10H15FN4O2. The zero-order valence-electron chi connectivity index (χ0n) is 9.74. The number of aromatic nitrogens is 1. The van der Waals surface area contributed by atoms with Gasteiger partial charge in [0.2, 0.25) is 0 Å². The first-order valence-corrected chi connectivity index (χ1v) is 4.97. The van der Waals surface area contributed by atoms with Crippen LogP contribution in [-0.2, 0) is 4.74 Å². The van der Waals surface area contributed by atoms with Gasteiger partial charge in [-0.15, -0.1) is 0 Å². The number of methoxy groups -OCH3 is 1. The number of carbonyl (C=O) groups excluding carboxylic acids is 1. The van der Waals surface area contributed by atoms with Crippen LogP contribution in [0, 0.1) is 5.82 Å². The van der Waals surface area contributed by atoms with Crippen molar-refractivity contribution in [3.8, 4) is 0 Å². The molecule has 0 spiro atoms. The van der Waals surface area contributed by atoms with Crippen LogP contribution < -0.4 is 11.3 Å². The lowest BCUT2D eigenvalue weighted by atomic mass is 10.2. The van der Waals surface area contributed by atoms with Crippen molar-refractivity contribution in [2.24, 2.45) is 5.84 Å². The number of hydrogen-bond acceptors (Lipinski definition) is 5. The summed E-state index contributed by atoms with van der Waals surface area (Å²) in [6.07, 6.45) is 1.32. The van der Waals surface area contributed by atoms with Crippen LogP contribution >= 0.6 is 0 Å². The summed E-state index contributed by atoms with van der Waals surface area (Å²) in [5.41, 5.74) is 2.01. The Labute approximate surface area is 98.5 Å². The number of ether oxygens (including phenoxy) is 1. The van der Waals surface area contributed by atoms with Crippen LogP contribution in [-0.4, -0.2) is 43.1 Å². The van der Waals surface area contributed by atoms with Gasteiger partial charge < -0.3 is 15.1 Å². The number of nitrogens with two attached hydrogens (primary N) is 1. The molecule has 1 rings (SSSR count). The van der Waals surface area contributed by atoms with E-state index >= 15 is 0 Å². The van der Waals surface area contributed by atoms with Gasteiger partial charge in [-0.1, -0.05) is 0 Å². The van der Waals surface area contributed by atoms with E-state index in [1.165, 1.54) is 24.3 Å². The standard InChI is InChI=1S/C10H15FN4O2/c1-15(5-6-17-2)10(16)7-3-4-13-9(14-12)8(7)11/h3-4H,5-6,12H2,1-2H3,(H,13,14). The van der Waals surface area contributed by atoms with Gasteiger partial charge >= 0.3 is 0 Å². The number of nitrogens with zero attached hydrogens (tertiary/aromatic N) is 2. The van der Waals surface area contributed by atoms with E-state index in [4.69, 9.17) is 10.6 Å². The predicted molar refractivity (Wildman–Crippen MR) is 60.8 cm³/mol. The summed E-state index contributed by atoms with van der Waals surface area (Å²) in [5.74, 6) is 3.72. The molecule has 6 nitrogen and oxygen atoms in total. The minimum atomic E-state index is -0.760. The Balaban J connectivity index is 2.88. The van der Waals surface area contributed by atoms with Gasteiger partial charge in [0, 0.05) is 26.9 Å². The van der Waals surface area contributed by atoms with E-state index in [0.29, 0.717) is 13.2 Å². The molecule has 0 unspecified atom stereocenters. The molecule has 0 fully saturated rings. The average Bonchev–Trinajstić information content (AvgIpc) is 2.35. The van der Waals surface area contributed by atoms with E-state index in [2.05, 4.69) is 10.4 Å². The van der Waals surface area contributed by atoms with E-state index in [0.717, 1.165) is 0 Å². The van der Waals surface area contributed by atoms with E-state index in [1.54, 1.807) is 7.05 Å². The molecule has 0 saturated carbocycles. The van der Waals surface area contributed by atoms with Gasteiger partial charge in [0.05, 0.1) is 12.2 Å². The highest BCUT2D eigenvalue weighted by molar-refractivity contribution is 5.95. The maximum absolute atomic E-state index is 13.7. The van der Waals surface area contributed by atoms with Crippen LogP contribution in [0.25, 0.3) is 0 Å². The molecule has 0 aromatic carbocycles. The second-order valence-electron chi connectivity index (χ2n) is 3.38. The van der Waals surface area contributed by atoms with Crippen molar-refractivity contribution in [3.63, 3.8) is 0 Å². The Morgan fingerprint density at radius 2 is 2.41 bits per heavy atom. The maximum Gasteiger partial charge on any atom is 0.256 e. The Bertz CT molecular complexity index is 400.